The summed E-state index contributed by atoms with van der Waals surface area (Å²) in [4.78, 5) is 0. The molecule has 0 aromatic rings. The van der Waals surface area contributed by atoms with Crippen molar-refractivity contribution in [2.75, 3.05) is 5.75 Å². The molecule has 0 fully saturated rings. The molecule has 1 unspecified atom stereocenters. The van der Waals surface area contributed by atoms with Crippen LogP contribution in [0.4, 0.5) is 0 Å². The van der Waals surface area contributed by atoms with Gasteiger partial charge in [0, 0.05) is 0 Å². The van der Waals surface area contributed by atoms with E-state index in [1.54, 1.807) is 20.8 Å². The third-order valence-corrected chi connectivity index (χ3v) is 6.13. The second kappa shape index (κ2) is 4.97. The first-order valence-corrected chi connectivity index (χ1v) is 8.18. The Hall–Kier alpha value is -0.350. The van der Waals surface area contributed by atoms with Gasteiger partial charge in [0.1, 0.15) is 0 Å². The number of hydrogen-bond donors (Lipinski definition) is 1. The van der Waals surface area contributed by atoms with E-state index in [1.165, 1.54) is 0 Å². The molecule has 0 saturated heterocycles. The summed E-state index contributed by atoms with van der Waals surface area (Å²) < 4.78 is 23.4. The Morgan fingerprint density at radius 2 is 1.94 bits per heavy atom. The van der Waals surface area contributed by atoms with Crippen molar-refractivity contribution in [2.45, 2.75) is 64.7 Å². The van der Waals surface area contributed by atoms with Crippen LogP contribution in [0.5, 0.6) is 0 Å². The van der Waals surface area contributed by atoms with E-state index >= 15 is 0 Å². The first kappa shape index (κ1) is 15.7. The van der Waals surface area contributed by atoms with E-state index < -0.39 is 20.7 Å². The molecular formula is C14H26O3S. The number of sulfone groups is 1. The molecule has 1 rings (SSSR count). The number of aliphatic hydroxyl groups is 1. The van der Waals surface area contributed by atoms with E-state index in [9.17, 15) is 13.5 Å². The van der Waals surface area contributed by atoms with Crippen molar-refractivity contribution in [2.24, 2.45) is 5.41 Å². The highest BCUT2D eigenvalue weighted by Gasteiger charge is 2.31. The summed E-state index contributed by atoms with van der Waals surface area (Å²) in [6.07, 6.45) is 3.58. The van der Waals surface area contributed by atoms with Gasteiger partial charge in [-0.3, -0.25) is 0 Å². The largest absolute Gasteiger partial charge is 0.389 e. The number of rotatable bonds is 3. The number of aliphatic hydroxyl groups excluding tert-OH is 1. The first-order chi connectivity index (χ1) is 7.93. The topological polar surface area (TPSA) is 54.4 Å². The minimum atomic E-state index is -3.07. The van der Waals surface area contributed by atoms with Crippen LogP contribution in [0.2, 0.25) is 0 Å². The Kier molecular flexibility index (Phi) is 4.34. The van der Waals surface area contributed by atoms with Crippen LogP contribution >= 0.6 is 0 Å². The molecule has 0 amide bonds. The molecule has 0 radical (unpaired) electrons. The Morgan fingerprint density at radius 1 is 1.39 bits per heavy atom. The van der Waals surface area contributed by atoms with E-state index in [1.807, 2.05) is 6.08 Å². The minimum absolute atomic E-state index is 0.0645. The Morgan fingerprint density at radius 3 is 2.39 bits per heavy atom. The molecule has 0 aromatic heterocycles. The zero-order chi connectivity index (χ0) is 14.2. The molecule has 3 nitrogen and oxygen atoms in total. The van der Waals surface area contributed by atoms with Gasteiger partial charge in [0.25, 0.3) is 0 Å². The highest BCUT2D eigenvalue weighted by Crippen LogP contribution is 2.36. The monoisotopic (exact) mass is 274 g/mol. The predicted molar refractivity (Wildman–Crippen MR) is 75.3 cm³/mol. The van der Waals surface area contributed by atoms with Crippen LogP contribution in [0, 0.1) is 5.41 Å². The summed E-state index contributed by atoms with van der Waals surface area (Å²) in [7, 11) is -3.07. The zero-order valence-corrected chi connectivity index (χ0v) is 13.0. The third-order valence-electron chi connectivity index (χ3n) is 3.52. The maximum atomic E-state index is 12.0. The van der Waals surface area contributed by atoms with Gasteiger partial charge in [-0.15, -0.1) is 0 Å². The lowest BCUT2D eigenvalue weighted by atomic mass is 9.75. The number of hydrogen-bond acceptors (Lipinski definition) is 3. The highest BCUT2D eigenvalue weighted by atomic mass is 32.2. The molecule has 4 heteroatoms. The molecule has 0 aliphatic heterocycles. The third kappa shape index (κ3) is 4.09. The van der Waals surface area contributed by atoms with Crippen molar-refractivity contribution >= 4 is 9.84 Å². The van der Waals surface area contributed by atoms with Crippen molar-refractivity contribution in [1.29, 1.82) is 0 Å². The quantitative estimate of drug-likeness (QED) is 0.805. The summed E-state index contributed by atoms with van der Waals surface area (Å²) >= 11 is 0. The molecule has 18 heavy (non-hydrogen) atoms. The molecule has 0 bridgehead atoms. The van der Waals surface area contributed by atoms with Crippen LogP contribution in [0.15, 0.2) is 11.6 Å². The molecule has 0 spiro atoms. The van der Waals surface area contributed by atoms with Gasteiger partial charge >= 0.3 is 0 Å². The second-order valence-electron chi connectivity index (χ2n) is 7.12. The average Bonchev–Trinajstić information content (AvgIpc) is 2.09. The molecule has 1 N–H and O–H groups in total. The molecule has 0 heterocycles. The lowest BCUT2D eigenvalue weighted by Crippen LogP contribution is -2.31. The van der Waals surface area contributed by atoms with Crippen LogP contribution in [-0.4, -0.2) is 30.1 Å². The fourth-order valence-corrected chi connectivity index (χ4v) is 3.53. The van der Waals surface area contributed by atoms with E-state index in [2.05, 4.69) is 13.8 Å². The zero-order valence-electron chi connectivity index (χ0n) is 12.2. The average molecular weight is 274 g/mol. The maximum absolute atomic E-state index is 12.0. The molecule has 1 aliphatic carbocycles. The van der Waals surface area contributed by atoms with E-state index in [-0.39, 0.29) is 11.2 Å². The Labute approximate surface area is 111 Å². The van der Waals surface area contributed by atoms with Crippen LogP contribution in [-0.2, 0) is 9.84 Å². The van der Waals surface area contributed by atoms with Gasteiger partial charge in [0.2, 0.25) is 0 Å². The summed E-state index contributed by atoms with van der Waals surface area (Å²) in [6.45, 7) is 9.42. The van der Waals surface area contributed by atoms with Gasteiger partial charge in [-0.05, 0) is 45.4 Å². The van der Waals surface area contributed by atoms with Crippen molar-refractivity contribution in [3.05, 3.63) is 11.6 Å². The van der Waals surface area contributed by atoms with Crippen LogP contribution in [0.25, 0.3) is 0 Å². The van der Waals surface area contributed by atoms with E-state index in [4.69, 9.17) is 0 Å². The number of allylic oxidation sites excluding steroid dienone is 1. The van der Waals surface area contributed by atoms with Crippen LogP contribution < -0.4 is 0 Å². The van der Waals surface area contributed by atoms with Gasteiger partial charge in [0.15, 0.2) is 9.84 Å². The first-order valence-electron chi connectivity index (χ1n) is 6.53. The Bertz CT molecular complexity index is 424. The second-order valence-corrected chi connectivity index (χ2v) is 9.98. The molecule has 1 atom stereocenters. The fraction of sp³-hybridized carbons (Fsp3) is 0.857. The molecule has 106 valence electrons. The van der Waals surface area contributed by atoms with Gasteiger partial charge < -0.3 is 5.11 Å². The van der Waals surface area contributed by atoms with Gasteiger partial charge in [-0.1, -0.05) is 25.5 Å². The lowest BCUT2D eigenvalue weighted by Gasteiger charge is -2.33. The van der Waals surface area contributed by atoms with Crippen molar-refractivity contribution in [1.82, 2.24) is 0 Å². The lowest BCUT2D eigenvalue weighted by molar-refractivity contribution is 0.138. The highest BCUT2D eigenvalue weighted by molar-refractivity contribution is 7.92. The smallest absolute Gasteiger partial charge is 0.155 e. The normalized spacial score (nSPS) is 24.8. The summed E-state index contributed by atoms with van der Waals surface area (Å²) in [6, 6.07) is 0. The summed E-state index contributed by atoms with van der Waals surface area (Å²) in [5.41, 5.74) is 1.14. The van der Waals surface area contributed by atoms with E-state index in [0.29, 0.717) is 6.42 Å². The van der Waals surface area contributed by atoms with Crippen molar-refractivity contribution in [3.8, 4) is 0 Å². The van der Waals surface area contributed by atoms with Crippen LogP contribution in [0.1, 0.15) is 53.9 Å². The summed E-state index contributed by atoms with van der Waals surface area (Å²) in [5.74, 6) is 0.172. The van der Waals surface area contributed by atoms with Crippen LogP contribution in [0.3, 0.4) is 0 Å². The predicted octanol–water partition coefficient (Wildman–Crippen LogP) is 2.70. The standard InChI is InChI=1S/C14H26O3S/c1-13(2,3)18(16,17)7-6-11-8-12(15)10-14(4,5)9-11/h8,12,15H,6-7,9-10H2,1-5H3. The SMILES string of the molecule is CC1(C)CC(CCS(=O)(=O)C(C)(C)C)=CC(O)C1. The maximum Gasteiger partial charge on any atom is 0.155 e. The summed E-state index contributed by atoms with van der Waals surface area (Å²) in [5, 5.41) is 9.78. The molecule has 1 aliphatic rings. The van der Waals surface area contributed by atoms with Gasteiger partial charge in [-0.25, -0.2) is 8.42 Å². The fourth-order valence-electron chi connectivity index (χ4n) is 2.39. The molecular weight excluding hydrogens is 248 g/mol. The molecule has 0 aromatic carbocycles. The van der Waals surface area contributed by atoms with Crippen molar-refractivity contribution in [3.63, 3.8) is 0 Å². The minimum Gasteiger partial charge on any atom is -0.389 e. The van der Waals surface area contributed by atoms with Crippen molar-refractivity contribution < 1.29 is 13.5 Å². The molecule has 0 saturated carbocycles. The Balaban J connectivity index is 2.71. The van der Waals surface area contributed by atoms with Gasteiger partial charge in [-0.2, -0.15) is 0 Å². The van der Waals surface area contributed by atoms with Gasteiger partial charge in [0.05, 0.1) is 16.6 Å². The van der Waals surface area contributed by atoms with E-state index in [0.717, 1.165) is 18.4 Å².